The van der Waals surface area contributed by atoms with Crippen LogP contribution in [0.5, 0.6) is 0 Å². The minimum Gasteiger partial charge on any atom is -0.396 e. The molecule has 102 valence electrons. The first kappa shape index (κ1) is 14.9. The van der Waals surface area contributed by atoms with Crippen molar-refractivity contribution in [1.82, 2.24) is 8.61 Å². The predicted molar refractivity (Wildman–Crippen MR) is 67.9 cm³/mol. The first-order valence-corrected chi connectivity index (χ1v) is 7.88. The Kier molecular flexibility index (Phi) is 6.40. The Morgan fingerprint density at radius 2 is 1.76 bits per heavy atom. The van der Waals surface area contributed by atoms with E-state index in [1.807, 2.05) is 6.92 Å². The van der Waals surface area contributed by atoms with Crippen LogP contribution >= 0.6 is 0 Å². The van der Waals surface area contributed by atoms with Crippen molar-refractivity contribution in [2.45, 2.75) is 39.0 Å². The molecule has 0 bridgehead atoms. The Balaban J connectivity index is 2.68. The Hall–Kier alpha value is -0.170. The lowest BCUT2D eigenvalue weighted by Crippen LogP contribution is -2.44. The second-order valence-electron chi connectivity index (χ2n) is 4.39. The first-order valence-electron chi connectivity index (χ1n) is 6.49. The van der Waals surface area contributed by atoms with Gasteiger partial charge in [0.1, 0.15) is 0 Å². The molecular formula is C11H24N2O3S. The van der Waals surface area contributed by atoms with Gasteiger partial charge < -0.3 is 5.11 Å². The standard InChI is InChI=1S/C11H24N2O3S/c1-2-12(10-7-11-14)17(15,16)13-8-5-3-4-6-9-13/h14H,2-11H2,1H3. The van der Waals surface area contributed by atoms with E-state index >= 15 is 0 Å². The van der Waals surface area contributed by atoms with Crippen LogP contribution in [0, 0.1) is 0 Å². The summed E-state index contributed by atoms with van der Waals surface area (Å²) in [6, 6.07) is 0. The van der Waals surface area contributed by atoms with Crippen LogP contribution in [0.1, 0.15) is 39.0 Å². The number of rotatable bonds is 6. The van der Waals surface area contributed by atoms with Gasteiger partial charge in [-0.25, -0.2) is 0 Å². The zero-order valence-corrected chi connectivity index (χ0v) is 11.5. The van der Waals surface area contributed by atoms with Crippen molar-refractivity contribution in [2.75, 3.05) is 32.8 Å². The maximum atomic E-state index is 12.3. The molecule has 1 fully saturated rings. The molecule has 1 aliphatic rings. The molecule has 1 heterocycles. The lowest BCUT2D eigenvalue weighted by atomic mass is 10.2. The van der Waals surface area contributed by atoms with Crippen molar-refractivity contribution in [1.29, 1.82) is 0 Å². The van der Waals surface area contributed by atoms with E-state index < -0.39 is 10.2 Å². The molecule has 1 aliphatic heterocycles. The third-order valence-electron chi connectivity index (χ3n) is 3.14. The molecule has 1 rings (SSSR count). The molecule has 0 aromatic carbocycles. The SMILES string of the molecule is CCN(CCCO)S(=O)(=O)N1CCCCCC1. The van der Waals surface area contributed by atoms with Crippen molar-refractivity contribution in [2.24, 2.45) is 0 Å². The van der Waals surface area contributed by atoms with E-state index in [2.05, 4.69) is 0 Å². The molecule has 17 heavy (non-hydrogen) atoms. The first-order chi connectivity index (χ1) is 8.12. The van der Waals surface area contributed by atoms with Gasteiger partial charge in [-0.3, -0.25) is 0 Å². The van der Waals surface area contributed by atoms with Crippen molar-refractivity contribution in [3.8, 4) is 0 Å². The summed E-state index contributed by atoms with van der Waals surface area (Å²) in [6.07, 6.45) is 4.65. The third kappa shape index (κ3) is 4.21. The van der Waals surface area contributed by atoms with Gasteiger partial charge in [0.05, 0.1) is 0 Å². The van der Waals surface area contributed by atoms with Crippen LogP contribution < -0.4 is 0 Å². The fourth-order valence-corrected chi connectivity index (χ4v) is 3.85. The summed E-state index contributed by atoms with van der Waals surface area (Å²) < 4.78 is 27.8. The number of nitrogens with zero attached hydrogens (tertiary/aromatic N) is 2. The summed E-state index contributed by atoms with van der Waals surface area (Å²) in [7, 11) is -3.31. The monoisotopic (exact) mass is 264 g/mol. The van der Waals surface area contributed by atoms with E-state index in [-0.39, 0.29) is 6.61 Å². The van der Waals surface area contributed by atoms with Crippen LogP contribution in [0.3, 0.4) is 0 Å². The number of hydrogen-bond donors (Lipinski definition) is 1. The third-order valence-corrected chi connectivity index (χ3v) is 5.25. The van der Waals surface area contributed by atoms with Gasteiger partial charge in [-0.15, -0.1) is 0 Å². The minimum absolute atomic E-state index is 0.0338. The fourth-order valence-electron chi connectivity index (χ4n) is 2.12. The van der Waals surface area contributed by atoms with Crippen LogP contribution in [0.25, 0.3) is 0 Å². The maximum Gasteiger partial charge on any atom is 0.281 e. The highest BCUT2D eigenvalue weighted by atomic mass is 32.2. The predicted octanol–water partition coefficient (Wildman–Crippen LogP) is 0.811. The summed E-state index contributed by atoms with van der Waals surface area (Å²) in [5.74, 6) is 0. The van der Waals surface area contributed by atoms with Crippen molar-refractivity contribution in [3.05, 3.63) is 0 Å². The Labute approximate surface area is 105 Å². The van der Waals surface area contributed by atoms with E-state index in [1.165, 1.54) is 4.31 Å². The Morgan fingerprint density at radius 1 is 1.18 bits per heavy atom. The summed E-state index contributed by atoms with van der Waals surface area (Å²) in [4.78, 5) is 0. The highest BCUT2D eigenvalue weighted by Gasteiger charge is 2.28. The van der Waals surface area contributed by atoms with E-state index in [9.17, 15) is 8.42 Å². The van der Waals surface area contributed by atoms with Crippen LogP contribution in [0.4, 0.5) is 0 Å². The molecular weight excluding hydrogens is 240 g/mol. The normalized spacial score (nSPS) is 19.5. The molecule has 0 aromatic heterocycles. The van der Waals surface area contributed by atoms with Crippen molar-refractivity contribution in [3.63, 3.8) is 0 Å². The van der Waals surface area contributed by atoms with E-state index in [1.54, 1.807) is 4.31 Å². The minimum atomic E-state index is -3.31. The van der Waals surface area contributed by atoms with Gasteiger partial charge in [0.2, 0.25) is 0 Å². The van der Waals surface area contributed by atoms with E-state index in [0.717, 1.165) is 25.7 Å². The largest absolute Gasteiger partial charge is 0.396 e. The summed E-state index contributed by atoms with van der Waals surface area (Å²) in [5.41, 5.74) is 0. The molecule has 1 saturated heterocycles. The quantitative estimate of drug-likeness (QED) is 0.772. The lowest BCUT2D eigenvalue weighted by molar-refractivity contribution is 0.265. The topological polar surface area (TPSA) is 60.9 Å². The molecule has 0 spiro atoms. The smallest absolute Gasteiger partial charge is 0.281 e. The van der Waals surface area contributed by atoms with Gasteiger partial charge >= 0.3 is 0 Å². The summed E-state index contributed by atoms with van der Waals surface area (Å²) in [5, 5.41) is 8.80. The van der Waals surface area contributed by atoms with Crippen molar-refractivity contribution < 1.29 is 13.5 Å². The molecule has 0 aliphatic carbocycles. The molecule has 0 saturated carbocycles. The molecule has 6 heteroatoms. The van der Waals surface area contributed by atoms with Crippen LogP contribution in [-0.2, 0) is 10.2 Å². The molecule has 0 atom stereocenters. The Morgan fingerprint density at radius 3 is 2.24 bits per heavy atom. The number of aliphatic hydroxyl groups is 1. The number of aliphatic hydroxyl groups excluding tert-OH is 1. The highest BCUT2D eigenvalue weighted by Crippen LogP contribution is 2.16. The van der Waals surface area contributed by atoms with Gasteiger partial charge in [0.25, 0.3) is 10.2 Å². The average Bonchev–Trinajstić information content (AvgIpc) is 2.58. The van der Waals surface area contributed by atoms with Gasteiger partial charge in [-0.1, -0.05) is 19.8 Å². The van der Waals surface area contributed by atoms with Gasteiger partial charge in [-0.2, -0.15) is 17.0 Å². The molecule has 1 N–H and O–H groups in total. The van der Waals surface area contributed by atoms with Gasteiger partial charge in [0.15, 0.2) is 0 Å². The number of hydrogen-bond acceptors (Lipinski definition) is 3. The Bertz CT molecular complexity index is 298. The maximum absolute atomic E-state index is 12.3. The van der Waals surface area contributed by atoms with Crippen LogP contribution in [0.2, 0.25) is 0 Å². The molecule has 0 amide bonds. The zero-order valence-electron chi connectivity index (χ0n) is 10.6. The zero-order chi connectivity index (χ0) is 12.7. The average molecular weight is 264 g/mol. The van der Waals surface area contributed by atoms with Crippen LogP contribution in [-0.4, -0.2) is 54.9 Å². The highest BCUT2D eigenvalue weighted by molar-refractivity contribution is 7.86. The molecule has 0 aromatic rings. The van der Waals surface area contributed by atoms with Crippen molar-refractivity contribution >= 4 is 10.2 Å². The van der Waals surface area contributed by atoms with Gasteiger partial charge in [0, 0.05) is 32.8 Å². The molecule has 5 nitrogen and oxygen atoms in total. The lowest BCUT2D eigenvalue weighted by Gasteiger charge is -2.28. The van der Waals surface area contributed by atoms with Crippen LogP contribution in [0.15, 0.2) is 0 Å². The van der Waals surface area contributed by atoms with E-state index in [0.29, 0.717) is 32.6 Å². The molecule has 0 unspecified atom stereocenters. The summed E-state index contributed by atoms with van der Waals surface area (Å²) in [6.45, 7) is 4.03. The van der Waals surface area contributed by atoms with Gasteiger partial charge in [-0.05, 0) is 19.3 Å². The van der Waals surface area contributed by atoms with E-state index in [4.69, 9.17) is 5.11 Å². The fraction of sp³-hybridized carbons (Fsp3) is 1.00. The summed E-state index contributed by atoms with van der Waals surface area (Å²) >= 11 is 0. The second-order valence-corrected chi connectivity index (χ2v) is 6.32. The second kappa shape index (κ2) is 7.31. The molecule has 0 radical (unpaired) electrons.